The van der Waals surface area contributed by atoms with E-state index in [0.29, 0.717) is 12.1 Å². The molecule has 0 aromatic heterocycles. The molecule has 6 nitrogen and oxygen atoms in total. The molecule has 1 aliphatic heterocycles. The number of nitrogens with zero attached hydrogens (tertiary/aromatic N) is 1. The van der Waals surface area contributed by atoms with Gasteiger partial charge in [0.05, 0.1) is 4.90 Å². The number of sulfonamides is 1. The van der Waals surface area contributed by atoms with Gasteiger partial charge in [-0.1, -0.05) is 13.0 Å². The van der Waals surface area contributed by atoms with Gasteiger partial charge in [0, 0.05) is 26.2 Å². The average molecular weight is 376 g/mol. The zero-order valence-corrected chi connectivity index (χ0v) is 16.0. The molecule has 136 valence electrons. The van der Waals surface area contributed by atoms with Crippen molar-refractivity contribution in [1.82, 2.24) is 14.9 Å². The number of amides is 1. The van der Waals surface area contributed by atoms with E-state index in [2.05, 4.69) is 17.0 Å². The minimum Gasteiger partial charge on any atom is -0.345 e. The standard InChI is InChI=1S/C16H25N3O3S.ClH/c1-16(7-9-17-10-8-16)12-18-23(21,22)14-6-4-5-13(11-14)15(20)19(2)3;/h4-6,11,17-18H,7-10,12H2,1-3H3;1H. The summed E-state index contributed by atoms with van der Waals surface area (Å²) in [5, 5.41) is 3.28. The summed E-state index contributed by atoms with van der Waals surface area (Å²) in [5.41, 5.74) is 0.334. The van der Waals surface area contributed by atoms with Gasteiger partial charge in [0.15, 0.2) is 0 Å². The Morgan fingerprint density at radius 3 is 2.50 bits per heavy atom. The van der Waals surface area contributed by atoms with Gasteiger partial charge in [-0.2, -0.15) is 0 Å². The van der Waals surface area contributed by atoms with Gasteiger partial charge in [-0.3, -0.25) is 4.79 Å². The van der Waals surface area contributed by atoms with Gasteiger partial charge in [0.25, 0.3) is 5.91 Å². The fourth-order valence-corrected chi connectivity index (χ4v) is 3.86. The summed E-state index contributed by atoms with van der Waals surface area (Å²) >= 11 is 0. The van der Waals surface area contributed by atoms with Crippen molar-refractivity contribution in [2.24, 2.45) is 5.41 Å². The number of halogens is 1. The third-order valence-corrected chi connectivity index (χ3v) is 5.70. The van der Waals surface area contributed by atoms with Crippen molar-refractivity contribution in [3.8, 4) is 0 Å². The molecular formula is C16H26ClN3O3S. The summed E-state index contributed by atoms with van der Waals surface area (Å²) in [6, 6.07) is 6.15. The van der Waals surface area contributed by atoms with Crippen molar-refractivity contribution >= 4 is 28.3 Å². The van der Waals surface area contributed by atoms with Crippen LogP contribution in [0.4, 0.5) is 0 Å². The van der Waals surface area contributed by atoms with Crippen molar-refractivity contribution in [3.63, 3.8) is 0 Å². The first-order chi connectivity index (χ1) is 10.7. The number of nitrogens with one attached hydrogen (secondary N) is 2. The van der Waals surface area contributed by atoms with Crippen LogP contribution >= 0.6 is 12.4 Å². The molecule has 1 saturated heterocycles. The Hall–Kier alpha value is -1.15. The lowest BCUT2D eigenvalue weighted by molar-refractivity contribution is 0.0827. The molecule has 0 bridgehead atoms. The third kappa shape index (κ3) is 5.17. The molecule has 0 spiro atoms. The maximum Gasteiger partial charge on any atom is 0.253 e. The van der Waals surface area contributed by atoms with Gasteiger partial charge in [-0.25, -0.2) is 13.1 Å². The molecule has 1 aliphatic rings. The second-order valence-electron chi connectivity index (χ2n) is 6.61. The van der Waals surface area contributed by atoms with E-state index < -0.39 is 10.0 Å². The zero-order valence-electron chi connectivity index (χ0n) is 14.3. The van der Waals surface area contributed by atoms with E-state index in [9.17, 15) is 13.2 Å². The average Bonchev–Trinajstić information content (AvgIpc) is 2.53. The molecule has 0 atom stereocenters. The molecule has 2 rings (SSSR count). The lowest BCUT2D eigenvalue weighted by atomic mass is 9.81. The van der Waals surface area contributed by atoms with Crippen molar-refractivity contribution < 1.29 is 13.2 Å². The number of hydrogen-bond donors (Lipinski definition) is 2. The molecule has 0 aliphatic carbocycles. The van der Waals surface area contributed by atoms with Crippen LogP contribution in [0.3, 0.4) is 0 Å². The molecule has 0 unspecified atom stereocenters. The first-order valence-electron chi connectivity index (χ1n) is 7.76. The molecule has 1 heterocycles. The lowest BCUT2D eigenvalue weighted by Gasteiger charge is -2.34. The molecule has 1 aromatic rings. The van der Waals surface area contributed by atoms with E-state index in [1.165, 1.54) is 17.0 Å². The summed E-state index contributed by atoms with van der Waals surface area (Å²) < 4.78 is 27.7. The Balaban J connectivity index is 0.00000288. The Bertz CT molecular complexity index is 671. The molecule has 0 radical (unpaired) electrons. The van der Waals surface area contributed by atoms with E-state index in [-0.39, 0.29) is 28.6 Å². The van der Waals surface area contributed by atoms with Crippen LogP contribution in [0, 0.1) is 5.41 Å². The van der Waals surface area contributed by atoms with Gasteiger partial charge in [0.1, 0.15) is 0 Å². The monoisotopic (exact) mass is 375 g/mol. The topological polar surface area (TPSA) is 78.5 Å². The predicted molar refractivity (Wildman–Crippen MR) is 97.1 cm³/mol. The van der Waals surface area contributed by atoms with Crippen LogP contribution in [0.15, 0.2) is 29.2 Å². The highest BCUT2D eigenvalue weighted by Crippen LogP contribution is 2.27. The van der Waals surface area contributed by atoms with Crippen LogP contribution in [0.25, 0.3) is 0 Å². The molecule has 2 N–H and O–H groups in total. The highest BCUT2D eigenvalue weighted by molar-refractivity contribution is 7.89. The molecule has 1 amide bonds. The van der Waals surface area contributed by atoms with Crippen molar-refractivity contribution in [2.45, 2.75) is 24.7 Å². The van der Waals surface area contributed by atoms with Crippen LogP contribution in [-0.4, -0.2) is 53.0 Å². The highest BCUT2D eigenvalue weighted by atomic mass is 35.5. The number of carbonyl (C=O) groups excluding carboxylic acids is 1. The van der Waals surface area contributed by atoms with Gasteiger partial charge in [-0.05, 0) is 49.5 Å². The lowest BCUT2D eigenvalue weighted by Crippen LogP contribution is -2.42. The van der Waals surface area contributed by atoms with Gasteiger partial charge in [-0.15, -0.1) is 12.4 Å². The third-order valence-electron chi connectivity index (χ3n) is 4.30. The quantitative estimate of drug-likeness (QED) is 0.817. The van der Waals surface area contributed by atoms with Crippen molar-refractivity contribution in [1.29, 1.82) is 0 Å². The Labute approximate surface area is 150 Å². The Kier molecular flexibility index (Phi) is 7.22. The fourth-order valence-electron chi connectivity index (χ4n) is 2.61. The van der Waals surface area contributed by atoms with Crippen LogP contribution in [0.1, 0.15) is 30.1 Å². The van der Waals surface area contributed by atoms with Crippen molar-refractivity contribution in [3.05, 3.63) is 29.8 Å². The smallest absolute Gasteiger partial charge is 0.253 e. The largest absolute Gasteiger partial charge is 0.345 e. The van der Waals surface area contributed by atoms with Crippen LogP contribution in [0.2, 0.25) is 0 Å². The van der Waals surface area contributed by atoms with E-state index in [1.54, 1.807) is 26.2 Å². The number of benzene rings is 1. The maximum absolute atomic E-state index is 12.5. The van der Waals surface area contributed by atoms with Crippen LogP contribution < -0.4 is 10.0 Å². The minimum atomic E-state index is -3.62. The summed E-state index contributed by atoms with van der Waals surface area (Å²) in [6.07, 6.45) is 1.88. The fraction of sp³-hybridized carbons (Fsp3) is 0.562. The molecular weight excluding hydrogens is 350 g/mol. The SMILES string of the molecule is CN(C)C(=O)c1cccc(S(=O)(=O)NCC2(C)CCNCC2)c1.Cl. The summed E-state index contributed by atoms with van der Waals surface area (Å²) in [5.74, 6) is -0.215. The van der Waals surface area contributed by atoms with Gasteiger partial charge >= 0.3 is 0 Å². The molecule has 24 heavy (non-hydrogen) atoms. The molecule has 1 aromatic carbocycles. The van der Waals surface area contributed by atoms with E-state index >= 15 is 0 Å². The second kappa shape index (κ2) is 8.29. The minimum absolute atomic E-state index is 0. The first kappa shape index (κ1) is 20.9. The number of carbonyl (C=O) groups is 1. The molecule has 0 saturated carbocycles. The van der Waals surface area contributed by atoms with Crippen LogP contribution in [-0.2, 0) is 10.0 Å². The summed E-state index contributed by atoms with van der Waals surface area (Å²) in [7, 11) is -0.343. The number of hydrogen-bond acceptors (Lipinski definition) is 4. The van der Waals surface area contributed by atoms with Gasteiger partial charge in [0.2, 0.25) is 10.0 Å². The van der Waals surface area contributed by atoms with E-state index in [1.807, 2.05) is 0 Å². The van der Waals surface area contributed by atoms with Crippen molar-refractivity contribution in [2.75, 3.05) is 33.7 Å². The normalized spacial score (nSPS) is 17.0. The zero-order chi connectivity index (χ0) is 17.1. The van der Waals surface area contributed by atoms with E-state index in [4.69, 9.17) is 0 Å². The van der Waals surface area contributed by atoms with E-state index in [0.717, 1.165) is 25.9 Å². The summed E-state index contributed by atoms with van der Waals surface area (Å²) in [6.45, 7) is 4.32. The molecule has 8 heteroatoms. The molecule has 1 fully saturated rings. The first-order valence-corrected chi connectivity index (χ1v) is 9.24. The Morgan fingerprint density at radius 2 is 1.92 bits per heavy atom. The number of rotatable bonds is 5. The second-order valence-corrected chi connectivity index (χ2v) is 8.38. The number of piperidine rings is 1. The Morgan fingerprint density at radius 1 is 1.29 bits per heavy atom. The maximum atomic E-state index is 12.5. The summed E-state index contributed by atoms with van der Waals surface area (Å²) in [4.78, 5) is 13.5. The van der Waals surface area contributed by atoms with Crippen LogP contribution in [0.5, 0.6) is 0 Å². The predicted octanol–water partition coefficient (Wildman–Crippen LogP) is 1.48. The highest BCUT2D eigenvalue weighted by Gasteiger charge is 2.28. The van der Waals surface area contributed by atoms with Gasteiger partial charge < -0.3 is 10.2 Å².